The molecule has 1 heterocycles. The second-order valence-electron chi connectivity index (χ2n) is 8.34. The summed E-state index contributed by atoms with van der Waals surface area (Å²) in [5, 5.41) is 4.10. The number of ether oxygens (including phenoxy) is 4. The number of hydrogen-bond donors (Lipinski definition) is 1. The van der Waals surface area contributed by atoms with Crippen LogP contribution in [0, 0.1) is 19.3 Å². The summed E-state index contributed by atoms with van der Waals surface area (Å²) in [5.41, 5.74) is 3.27. The van der Waals surface area contributed by atoms with Crippen LogP contribution in [0.25, 0.3) is 10.9 Å². The van der Waals surface area contributed by atoms with Gasteiger partial charge in [0.2, 0.25) is 0 Å². The zero-order valence-electron chi connectivity index (χ0n) is 22.4. The fourth-order valence-electron chi connectivity index (χ4n) is 3.39. The van der Waals surface area contributed by atoms with Crippen molar-refractivity contribution in [2.24, 2.45) is 0 Å². The lowest BCUT2D eigenvalue weighted by molar-refractivity contribution is 0.132. The van der Waals surface area contributed by atoms with E-state index in [2.05, 4.69) is 21.2 Å². The van der Waals surface area contributed by atoms with Crippen molar-refractivity contribution in [1.29, 1.82) is 0 Å². The number of hydrogen-bond acceptors (Lipinski definition) is 10. The summed E-state index contributed by atoms with van der Waals surface area (Å²) in [5.74, 6) is 4.44. The number of nitrogens with zero attached hydrogens (tertiary/aromatic N) is 2. The van der Waals surface area contributed by atoms with Gasteiger partial charge in [-0.1, -0.05) is 29.7 Å². The Bertz CT molecular complexity index is 1550. The van der Waals surface area contributed by atoms with Gasteiger partial charge in [-0.3, -0.25) is 0 Å². The van der Waals surface area contributed by atoms with Crippen molar-refractivity contribution in [1.82, 2.24) is 9.97 Å². The summed E-state index contributed by atoms with van der Waals surface area (Å²) >= 11 is 0. The first-order valence-electron chi connectivity index (χ1n) is 12.1. The van der Waals surface area contributed by atoms with Gasteiger partial charge in [-0.2, -0.15) is 0 Å². The quantitative estimate of drug-likeness (QED) is 0.160. The van der Waals surface area contributed by atoms with E-state index in [0.29, 0.717) is 43.7 Å². The largest absolute Gasteiger partial charge is 0.744 e. The molecule has 4 aromatic rings. The zero-order valence-corrected chi connectivity index (χ0v) is 23.2. The Balaban J connectivity index is 0.000000336. The van der Waals surface area contributed by atoms with Crippen LogP contribution in [-0.2, 0) is 19.6 Å². The molecule has 0 radical (unpaired) electrons. The van der Waals surface area contributed by atoms with Crippen LogP contribution in [-0.4, -0.2) is 63.6 Å². The Morgan fingerprint density at radius 3 is 2.15 bits per heavy atom. The van der Waals surface area contributed by atoms with Gasteiger partial charge in [-0.15, -0.1) is 6.42 Å². The number of nitrogens with one attached hydrogen (secondary N) is 1. The van der Waals surface area contributed by atoms with Crippen molar-refractivity contribution >= 4 is 32.5 Å². The fraction of sp³-hybridized carbons (Fsp3) is 0.241. The Labute approximate surface area is 234 Å². The predicted molar refractivity (Wildman–Crippen MR) is 151 cm³/mol. The number of aromatic nitrogens is 2. The Morgan fingerprint density at radius 2 is 1.55 bits per heavy atom. The van der Waals surface area contributed by atoms with E-state index in [9.17, 15) is 13.0 Å². The highest BCUT2D eigenvalue weighted by Crippen LogP contribution is 2.35. The zero-order chi connectivity index (χ0) is 29.0. The molecular weight excluding hydrogens is 534 g/mol. The van der Waals surface area contributed by atoms with Gasteiger partial charge in [0.05, 0.1) is 23.6 Å². The van der Waals surface area contributed by atoms with Gasteiger partial charge in [0.1, 0.15) is 35.5 Å². The van der Waals surface area contributed by atoms with Crippen LogP contribution in [0.2, 0.25) is 0 Å². The maximum Gasteiger partial charge on any atom is 0.163 e. The molecule has 10 nitrogen and oxygen atoms in total. The van der Waals surface area contributed by atoms with E-state index >= 15 is 0 Å². The van der Waals surface area contributed by atoms with Crippen molar-refractivity contribution in [3.63, 3.8) is 0 Å². The van der Waals surface area contributed by atoms with E-state index in [0.717, 1.165) is 27.7 Å². The molecule has 4 rings (SSSR count). The molecule has 0 atom stereocenters. The summed E-state index contributed by atoms with van der Waals surface area (Å²) in [6.45, 7) is 3.55. The third-order valence-electron chi connectivity index (χ3n) is 5.39. The molecule has 0 aliphatic heterocycles. The van der Waals surface area contributed by atoms with Crippen molar-refractivity contribution in [3.8, 4) is 23.8 Å². The Hall–Kier alpha value is -4.21. The molecule has 0 aliphatic rings. The smallest absolute Gasteiger partial charge is 0.163 e. The fourth-order valence-corrected chi connectivity index (χ4v) is 3.86. The van der Waals surface area contributed by atoms with Gasteiger partial charge < -0.3 is 28.8 Å². The third-order valence-corrected chi connectivity index (χ3v) is 6.24. The van der Waals surface area contributed by atoms with E-state index in [-0.39, 0.29) is 4.90 Å². The van der Waals surface area contributed by atoms with Crippen LogP contribution < -0.4 is 14.8 Å². The molecule has 0 amide bonds. The first-order chi connectivity index (χ1) is 19.2. The van der Waals surface area contributed by atoms with E-state index in [1.807, 2.05) is 43.3 Å². The van der Waals surface area contributed by atoms with Crippen molar-refractivity contribution < 1.29 is 31.9 Å². The summed E-state index contributed by atoms with van der Waals surface area (Å²) in [6, 6.07) is 17.0. The van der Waals surface area contributed by atoms with Gasteiger partial charge in [0, 0.05) is 36.9 Å². The Kier molecular flexibility index (Phi) is 11.2. The van der Waals surface area contributed by atoms with E-state index in [1.165, 1.54) is 18.5 Å². The molecule has 210 valence electrons. The van der Waals surface area contributed by atoms with Gasteiger partial charge in [0.15, 0.2) is 11.5 Å². The average Bonchev–Trinajstić information content (AvgIpc) is 2.94. The van der Waals surface area contributed by atoms with Crippen molar-refractivity contribution in [2.75, 3.05) is 46.0 Å². The minimum Gasteiger partial charge on any atom is -0.744 e. The van der Waals surface area contributed by atoms with Crippen LogP contribution in [0.5, 0.6) is 11.5 Å². The van der Waals surface area contributed by atoms with Gasteiger partial charge >= 0.3 is 0 Å². The molecule has 0 fully saturated rings. The number of aryl methyl sites for hydroxylation is 1. The highest BCUT2D eigenvalue weighted by atomic mass is 32.2. The molecule has 0 bridgehead atoms. The molecule has 0 saturated carbocycles. The number of anilines is 2. The first kappa shape index (κ1) is 30.3. The van der Waals surface area contributed by atoms with Crippen LogP contribution in [0.15, 0.2) is 71.9 Å². The van der Waals surface area contributed by atoms with Gasteiger partial charge in [-0.05, 0) is 43.3 Å². The van der Waals surface area contributed by atoms with E-state index in [4.69, 9.17) is 25.4 Å². The highest BCUT2D eigenvalue weighted by Gasteiger charge is 2.13. The second kappa shape index (κ2) is 14.8. The normalized spacial score (nSPS) is 10.8. The molecule has 0 unspecified atom stereocenters. The summed E-state index contributed by atoms with van der Waals surface area (Å²) in [4.78, 5) is 8.58. The lowest BCUT2D eigenvalue weighted by Gasteiger charge is -2.15. The van der Waals surface area contributed by atoms with E-state index in [1.54, 1.807) is 26.4 Å². The lowest BCUT2D eigenvalue weighted by atomic mass is 10.2. The topological polar surface area (TPSA) is 132 Å². The minimum absolute atomic E-state index is 0.178. The molecule has 1 N–H and O–H groups in total. The SMILES string of the molecule is C#Cc1cccc(Nc2ncnc3cc(OCCOC)c(OCCOC)cc23)c1.Cc1ccc(S(=O)(=O)[O-])cc1. The third kappa shape index (κ3) is 8.93. The summed E-state index contributed by atoms with van der Waals surface area (Å²) < 4.78 is 53.0. The molecule has 40 heavy (non-hydrogen) atoms. The van der Waals surface area contributed by atoms with Crippen molar-refractivity contribution in [2.45, 2.75) is 11.8 Å². The van der Waals surface area contributed by atoms with Crippen LogP contribution in [0.1, 0.15) is 11.1 Å². The van der Waals surface area contributed by atoms with Crippen LogP contribution in [0.3, 0.4) is 0 Å². The maximum atomic E-state index is 10.4. The van der Waals surface area contributed by atoms with Crippen molar-refractivity contribution in [3.05, 3.63) is 78.1 Å². The number of benzene rings is 3. The van der Waals surface area contributed by atoms with Crippen LogP contribution >= 0.6 is 0 Å². The summed E-state index contributed by atoms with van der Waals surface area (Å²) in [7, 11) is -1.02. The molecule has 11 heteroatoms. The van der Waals surface area contributed by atoms with E-state index < -0.39 is 10.1 Å². The number of methoxy groups -OCH3 is 2. The molecule has 0 spiro atoms. The van der Waals surface area contributed by atoms with Gasteiger partial charge in [-0.25, -0.2) is 18.4 Å². The number of fused-ring (bicyclic) bond motifs is 1. The number of terminal acetylenes is 1. The molecule has 3 aromatic carbocycles. The molecular formula is C29H30N3O7S-. The maximum absolute atomic E-state index is 10.4. The monoisotopic (exact) mass is 564 g/mol. The molecule has 0 aliphatic carbocycles. The molecule has 0 saturated heterocycles. The highest BCUT2D eigenvalue weighted by molar-refractivity contribution is 7.85. The summed E-state index contributed by atoms with van der Waals surface area (Å²) in [6.07, 6.45) is 6.99. The Morgan fingerprint density at radius 1 is 0.900 bits per heavy atom. The standard InChI is InChI=1S/C22H23N3O4.C7H8O3S/c1-4-16-6-5-7-17(12-16)25-22-18-13-20(28-10-8-26-2)21(29-11-9-27-3)14-19(18)23-15-24-22;1-6-2-4-7(5-3-6)11(8,9)10/h1,5-7,12-15H,8-11H2,2-3H3,(H,23,24,25);2-5H,1H3,(H,8,9,10)/p-1. The van der Waals surface area contributed by atoms with Crippen LogP contribution in [0.4, 0.5) is 11.5 Å². The first-order valence-corrected chi connectivity index (χ1v) is 13.5. The minimum atomic E-state index is -4.27. The number of rotatable bonds is 11. The molecule has 1 aromatic heterocycles. The lowest BCUT2D eigenvalue weighted by Crippen LogP contribution is -2.09. The predicted octanol–water partition coefficient (Wildman–Crippen LogP) is 4.30. The second-order valence-corrected chi connectivity index (χ2v) is 9.72. The van der Waals surface area contributed by atoms with Gasteiger partial charge in [0.25, 0.3) is 0 Å². The average molecular weight is 565 g/mol.